The predicted molar refractivity (Wildman–Crippen MR) is 91.1 cm³/mol. The molecular weight excluding hydrogens is 334 g/mol. The maximum Gasteiger partial charge on any atom is 0.337 e. The van der Waals surface area contributed by atoms with Crippen LogP contribution in [0, 0.1) is 0 Å². The highest BCUT2D eigenvalue weighted by Gasteiger charge is 2.26. The maximum absolute atomic E-state index is 12.4. The van der Waals surface area contributed by atoms with Gasteiger partial charge in [-0.05, 0) is 35.9 Å². The van der Waals surface area contributed by atoms with Crippen molar-refractivity contribution in [2.24, 2.45) is 0 Å². The van der Waals surface area contributed by atoms with Crippen LogP contribution in [-0.2, 0) is 16.1 Å². The Bertz CT molecular complexity index is 778. The molecule has 0 saturated carbocycles. The fraction of sp³-hybridized carbons (Fsp3) is 0.176. The second-order valence-corrected chi connectivity index (χ2v) is 6.53. The van der Waals surface area contributed by atoms with Crippen LogP contribution in [-0.4, -0.2) is 24.7 Å². The number of nitrogens with zero attached hydrogens (tertiary/aromatic N) is 1. The first-order chi connectivity index (χ1) is 11.1. The van der Waals surface area contributed by atoms with Crippen molar-refractivity contribution in [2.45, 2.75) is 11.4 Å². The highest BCUT2D eigenvalue weighted by molar-refractivity contribution is 8.00. The summed E-state index contributed by atoms with van der Waals surface area (Å²) in [7, 11) is 1.34. The van der Waals surface area contributed by atoms with Gasteiger partial charge in [-0.2, -0.15) is 0 Å². The predicted octanol–water partition coefficient (Wildman–Crippen LogP) is 3.77. The van der Waals surface area contributed by atoms with Gasteiger partial charge in [0.2, 0.25) is 5.91 Å². The van der Waals surface area contributed by atoms with Crippen LogP contribution in [0.15, 0.2) is 47.4 Å². The van der Waals surface area contributed by atoms with Crippen molar-refractivity contribution >= 4 is 40.9 Å². The molecule has 0 N–H and O–H groups in total. The van der Waals surface area contributed by atoms with Crippen molar-refractivity contribution in [1.29, 1.82) is 0 Å². The van der Waals surface area contributed by atoms with E-state index in [2.05, 4.69) is 0 Å². The molecule has 0 aliphatic carbocycles. The number of ether oxygens (including phenoxy) is 1. The fourth-order valence-corrected chi connectivity index (χ4v) is 3.57. The zero-order chi connectivity index (χ0) is 16.4. The summed E-state index contributed by atoms with van der Waals surface area (Å²) in [6.45, 7) is 0.414. The van der Waals surface area contributed by atoms with Crippen LogP contribution in [0.25, 0.3) is 0 Å². The number of rotatable bonds is 3. The van der Waals surface area contributed by atoms with Crippen LogP contribution in [0.1, 0.15) is 15.9 Å². The van der Waals surface area contributed by atoms with E-state index in [0.717, 1.165) is 16.1 Å². The van der Waals surface area contributed by atoms with Crippen molar-refractivity contribution in [3.05, 3.63) is 58.6 Å². The number of hydrogen-bond donors (Lipinski definition) is 0. The van der Waals surface area contributed by atoms with Crippen LogP contribution in [0.3, 0.4) is 0 Å². The number of fused-ring (bicyclic) bond motifs is 1. The molecule has 0 atom stereocenters. The molecule has 1 aliphatic rings. The van der Waals surface area contributed by atoms with Gasteiger partial charge in [-0.15, -0.1) is 11.8 Å². The topological polar surface area (TPSA) is 46.6 Å². The number of methoxy groups -OCH3 is 1. The molecular formula is C17H14ClNO3S. The molecule has 1 heterocycles. The molecule has 2 aromatic rings. The van der Waals surface area contributed by atoms with Crippen LogP contribution < -0.4 is 4.90 Å². The van der Waals surface area contributed by atoms with Gasteiger partial charge in [-0.25, -0.2) is 4.79 Å². The average Bonchev–Trinajstić information content (AvgIpc) is 2.56. The first kappa shape index (κ1) is 15.9. The number of anilines is 1. The van der Waals surface area contributed by atoms with Crippen LogP contribution >= 0.6 is 23.4 Å². The summed E-state index contributed by atoms with van der Waals surface area (Å²) in [5, 5.41) is 0.630. The normalized spacial score (nSPS) is 13.7. The Morgan fingerprint density at radius 1 is 1.30 bits per heavy atom. The highest BCUT2D eigenvalue weighted by Crippen LogP contribution is 2.37. The molecule has 0 radical (unpaired) electrons. The van der Waals surface area contributed by atoms with Crippen molar-refractivity contribution in [3.8, 4) is 0 Å². The monoisotopic (exact) mass is 347 g/mol. The van der Waals surface area contributed by atoms with E-state index in [1.807, 2.05) is 24.3 Å². The summed E-state index contributed by atoms with van der Waals surface area (Å²) in [4.78, 5) is 26.7. The van der Waals surface area contributed by atoms with E-state index in [1.54, 1.807) is 23.1 Å². The SMILES string of the molecule is COC(=O)c1ccc2c(c1)N(Cc1cccc(Cl)c1)C(=O)CS2. The Morgan fingerprint density at radius 2 is 2.13 bits per heavy atom. The van der Waals surface area contributed by atoms with E-state index in [-0.39, 0.29) is 5.91 Å². The number of esters is 1. The minimum atomic E-state index is -0.418. The summed E-state index contributed by atoms with van der Waals surface area (Å²) < 4.78 is 4.76. The Balaban J connectivity index is 1.98. The molecule has 4 nitrogen and oxygen atoms in total. The molecule has 1 aliphatic heterocycles. The Labute approximate surface area is 143 Å². The molecule has 0 aromatic heterocycles. The maximum atomic E-state index is 12.4. The number of carbonyl (C=O) groups excluding carboxylic acids is 2. The van der Waals surface area contributed by atoms with Gasteiger partial charge in [0.15, 0.2) is 0 Å². The Morgan fingerprint density at radius 3 is 2.87 bits per heavy atom. The molecule has 0 unspecified atom stereocenters. The van der Waals surface area contributed by atoms with Crippen molar-refractivity contribution < 1.29 is 14.3 Å². The first-order valence-electron chi connectivity index (χ1n) is 6.98. The first-order valence-corrected chi connectivity index (χ1v) is 8.35. The van der Waals surface area contributed by atoms with E-state index >= 15 is 0 Å². The van der Waals surface area contributed by atoms with Gasteiger partial charge in [0.1, 0.15) is 0 Å². The quantitative estimate of drug-likeness (QED) is 0.793. The molecule has 0 fully saturated rings. The molecule has 2 aromatic carbocycles. The molecule has 0 bridgehead atoms. The van der Waals surface area contributed by atoms with E-state index in [9.17, 15) is 9.59 Å². The summed E-state index contributed by atoms with van der Waals surface area (Å²) in [6, 6.07) is 12.7. The van der Waals surface area contributed by atoms with Crippen molar-refractivity contribution in [1.82, 2.24) is 0 Å². The van der Waals surface area contributed by atoms with Gasteiger partial charge in [-0.1, -0.05) is 23.7 Å². The van der Waals surface area contributed by atoms with Gasteiger partial charge in [-0.3, -0.25) is 4.79 Å². The molecule has 6 heteroatoms. The van der Waals surface area contributed by atoms with Crippen LogP contribution in [0.5, 0.6) is 0 Å². The van der Waals surface area contributed by atoms with Gasteiger partial charge in [0.05, 0.1) is 30.7 Å². The lowest BCUT2D eigenvalue weighted by molar-refractivity contribution is -0.116. The molecule has 3 rings (SSSR count). The summed E-state index contributed by atoms with van der Waals surface area (Å²) in [5.41, 5.74) is 2.10. The third-order valence-corrected chi connectivity index (χ3v) is 4.84. The van der Waals surface area contributed by atoms with Gasteiger partial charge in [0.25, 0.3) is 0 Å². The molecule has 0 spiro atoms. The Hall–Kier alpha value is -1.98. The zero-order valence-corrected chi connectivity index (χ0v) is 14.0. The highest BCUT2D eigenvalue weighted by atomic mass is 35.5. The number of thioether (sulfide) groups is 1. The number of amides is 1. The van der Waals surface area contributed by atoms with Gasteiger partial charge in [0, 0.05) is 9.92 Å². The number of halogens is 1. The van der Waals surface area contributed by atoms with Gasteiger partial charge >= 0.3 is 5.97 Å². The van der Waals surface area contributed by atoms with Crippen molar-refractivity contribution in [2.75, 3.05) is 17.8 Å². The van der Waals surface area contributed by atoms with Crippen molar-refractivity contribution in [3.63, 3.8) is 0 Å². The summed E-state index contributed by atoms with van der Waals surface area (Å²) in [5.74, 6) is -0.0338. The second-order valence-electron chi connectivity index (χ2n) is 5.07. The summed E-state index contributed by atoms with van der Waals surface area (Å²) >= 11 is 7.49. The smallest absolute Gasteiger partial charge is 0.337 e. The number of hydrogen-bond acceptors (Lipinski definition) is 4. The zero-order valence-electron chi connectivity index (χ0n) is 12.4. The van der Waals surface area contributed by atoms with E-state index < -0.39 is 5.97 Å². The lowest BCUT2D eigenvalue weighted by Gasteiger charge is -2.29. The van der Waals surface area contributed by atoms with Crippen LogP contribution in [0.2, 0.25) is 5.02 Å². The lowest BCUT2D eigenvalue weighted by atomic mass is 10.1. The fourth-order valence-electron chi connectivity index (χ4n) is 2.44. The van der Waals surface area contributed by atoms with E-state index in [1.165, 1.54) is 18.9 Å². The molecule has 1 amide bonds. The minimum absolute atomic E-state index is 0.00416. The second kappa shape index (κ2) is 6.64. The van der Waals surface area contributed by atoms with Crippen LogP contribution in [0.4, 0.5) is 5.69 Å². The van der Waals surface area contributed by atoms with E-state index in [4.69, 9.17) is 16.3 Å². The standard InChI is InChI=1S/C17H14ClNO3S/c1-22-17(21)12-5-6-15-14(8-12)19(16(20)10-23-15)9-11-3-2-4-13(18)7-11/h2-8H,9-10H2,1H3. The third-order valence-electron chi connectivity index (χ3n) is 3.55. The molecule has 23 heavy (non-hydrogen) atoms. The van der Waals surface area contributed by atoms with Gasteiger partial charge < -0.3 is 9.64 Å². The lowest BCUT2D eigenvalue weighted by Crippen LogP contribution is -2.35. The molecule has 0 saturated heterocycles. The molecule has 118 valence electrons. The van der Waals surface area contributed by atoms with E-state index in [0.29, 0.717) is 22.9 Å². The number of benzene rings is 2. The third kappa shape index (κ3) is 3.35. The minimum Gasteiger partial charge on any atom is -0.465 e. The average molecular weight is 348 g/mol. The largest absolute Gasteiger partial charge is 0.465 e. The Kier molecular flexibility index (Phi) is 4.59. The summed E-state index contributed by atoms with van der Waals surface area (Å²) in [6.07, 6.45) is 0. The number of carbonyl (C=O) groups is 2.